The predicted molar refractivity (Wildman–Crippen MR) is 102 cm³/mol. The second kappa shape index (κ2) is 8.46. The van der Waals surface area contributed by atoms with Gasteiger partial charge in [0.05, 0.1) is 18.5 Å². The predicted octanol–water partition coefficient (Wildman–Crippen LogP) is 3.36. The monoisotopic (exact) mass is 399 g/mol. The first-order chi connectivity index (χ1) is 14.1. The number of carbonyl (C=O) groups is 2. The number of nitrogens with zero attached hydrogens (tertiary/aromatic N) is 2. The molecule has 1 saturated heterocycles. The molecule has 0 radical (unpaired) electrons. The van der Waals surface area contributed by atoms with Crippen LogP contribution < -0.4 is 5.32 Å². The van der Waals surface area contributed by atoms with Crippen molar-refractivity contribution in [2.24, 2.45) is 0 Å². The Morgan fingerprint density at radius 1 is 1.21 bits per heavy atom. The molecule has 3 aromatic rings. The van der Waals surface area contributed by atoms with Crippen LogP contribution in [0.4, 0.5) is 4.39 Å². The first-order valence-electron chi connectivity index (χ1n) is 9.72. The highest BCUT2D eigenvalue weighted by Gasteiger charge is 2.27. The Kier molecular flexibility index (Phi) is 5.59. The zero-order valence-electron chi connectivity index (χ0n) is 15.9. The number of piperidine rings is 1. The number of nitrogens with one attached hydrogen (secondary N) is 1. The summed E-state index contributed by atoms with van der Waals surface area (Å²) in [4.78, 5) is 26.1. The van der Waals surface area contributed by atoms with E-state index in [0.717, 1.165) is 23.9 Å². The number of hydrogen-bond donors (Lipinski definition) is 1. The number of rotatable bonds is 6. The van der Waals surface area contributed by atoms with Crippen LogP contribution in [-0.2, 0) is 16.1 Å². The van der Waals surface area contributed by atoms with Crippen LogP contribution in [-0.4, -0.2) is 35.0 Å². The van der Waals surface area contributed by atoms with E-state index in [9.17, 15) is 14.0 Å². The highest BCUT2D eigenvalue weighted by Crippen LogP contribution is 2.32. The van der Waals surface area contributed by atoms with Crippen LogP contribution in [0.1, 0.15) is 43.1 Å². The van der Waals surface area contributed by atoms with E-state index in [4.69, 9.17) is 8.94 Å². The van der Waals surface area contributed by atoms with Crippen molar-refractivity contribution in [3.8, 4) is 0 Å². The highest BCUT2D eigenvalue weighted by molar-refractivity contribution is 5.84. The van der Waals surface area contributed by atoms with Gasteiger partial charge in [0.15, 0.2) is 5.58 Å². The van der Waals surface area contributed by atoms with E-state index in [1.807, 2.05) is 0 Å². The van der Waals surface area contributed by atoms with Crippen LogP contribution in [0.2, 0.25) is 0 Å². The number of fused-ring (bicyclic) bond motifs is 1. The third kappa shape index (κ3) is 4.47. The summed E-state index contributed by atoms with van der Waals surface area (Å²) in [5.74, 6) is 0.292. The van der Waals surface area contributed by atoms with Gasteiger partial charge in [-0.2, -0.15) is 0 Å². The molecule has 7 nitrogen and oxygen atoms in total. The standard InChI is InChI=1S/C21H22FN3O4/c22-15-3-4-17-18(12-15)29-24-21(17)14-7-9-25(10-8-14)20(27)6-5-19(26)23-13-16-2-1-11-28-16/h1-4,11-12,14H,5-10,13H2,(H,23,26). The molecule has 3 heterocycles. The molecule has 0 spiro atoms. The van der Waals surface area contributed by atoms with Gasteiger partial charge in [-0.1, -0.05) is 5.16 Å². The largest absolute Gasteiger partial charge is 0.467 e. The van der Waals surface area contributed by atoms with Crippen molar-refractivity contribution >= 4 is 22.8 Å². The molecule has 0 unspecified atom stereocenters. The lowest BCUT2D eigenvalue weighted by Crippen LogP contribution is -2.38. The zero-order valence-corrected chi connectivity index (χ0v) is 15.9. The van der Waals surface area contributed by atoms with Gasteiger partial charge in [0, 0.05) is 43.3 Å². The summed E-state index contributed by atoms with van der Waals surface area (Å²) in [6, 6.07) is 7.97. The van der Waals surface area contributed by atoms with Crippen molar-refractivity contribution < 1.29 is 22.9 Å². The molecule has 0 bridgehead atoms. The van der Waals surface area contributed by atoms with Crippen molar-refractivity contribution in [1.82, 2.24) is 15.4 Å². The number of carbonyl (C=O) groups excluding carboxylic acids is 2. The molecule has 0 saturated carbocycles. The van der Waals surface area contributed by atoms with Gasteiger partial charge in [-0.05, 0) is 37.1 Å². The van der Waals surface area contributed by atoms with Gasteiger partial charge in [0.1, 0.15) is 11.6 Å². The van der Waals surface area contributed by atoms with Crippen LogP contribution in [0, 0.1) is 5.82 Å². The van der Waals surface area contributed by atoms with E-state index in [-0.39, 0.29) is 36.4 Å². The second-order valence-corrected chi connectivity index (χ2v) is 7.22. The Bertz CT molecular complexity index is 991. The van der Waals surface area contributed by atoms with Gasteiger partial charge in [0.2, 0.25) is 11.8 Å². The highest BCUT2D eigenvalue weighted by atomic mass is 19.1. The first kappa shape index (κ1) is 19.2. The van der Waals surface area contributed by atoms with E-state index < -0.39 is 0 Å². The second-order valence-electron chi connectivity index (χ2n) is 7.22. The summed E-state index contributed by atoms with van der Waals surface area (Å²) in [5, 5.41) is 7.69. The molecular formula is C21H22FN3O4. The molecule has 1 N–H and O–H groups in total. The Balaban J connectivity index is 1.24. The minimum atomic E-state index is -0.353. The molecule has 0 aliphatic carbocycles. The summed E-state index contributed by atoms with van der Waals surface area (Å²) in [6.07, 6.45) is 3.40. The topological polar surface area (TPSA) is 88.6 Å². The summed E-state index contributed by atoms with van der Waals surface area (Å²) >= 11 is 0. The number of amides is 2. The molecule has 1 aromatic carbocycles. The van der Waals surface area contributed by atoms with Crippen LogP contribution in [0.3, 0.4) is 0 Å². The average molecular weight is 399 g/mol. The number of hydrogen-bond acceptors (Lipinski definition) is 5. The van der Waals surface area contributed by atoms with E-state index in [1.54, 1.807) is 29.4 Å². The van der Waals surface area contributed by atoms with Crippen molar-refractivity contribution in [2.45, 2.75) is 38.1 Å². The van der Waals surface area contributed by atoms with Crippen LogP contribution >= 0.6 is 0 Å². The minimum Gasteiger partial charge on any atom is -0.467 e. The zero-order chi connectivity index (χ0) is 20.2. The molecule has 0 atom stereocenters. The van der Waals surface area contributed by atoms with E-state index in [0.29, 0.717) is 31.0 Å². The molecule has 2 amide bonds. The third-order valence-electron chi connectivity index (χ3n) is 5.30. The number of halogens is 1. The quantitative estimate of drug-likeness (QED) is 0.687. The Morgan fingerprint density at radius 2 is 2.03 bits per heavy atom. The smallest absolute Gasteiger partial charge is 0.223 e. The maximum absolute atomic E-state index is 13.3. The molecule has 8 heteroatoms. The summed E-state index contributed by atoms with van der Waals surface area (Å²) in [7, 11) is 0. The Labute approximate surface area is 166 Å². The van der Waals surface area contributed by atoms with Gasteiger partial charge in [-0.3, -0.25) is 9.59 Å². The molecule has 29 heavy (non-hydrogen) atoms. The molecule has 2 aromatic heterocycles. The Hall–Kier alpha value is -3.16. The van der Waals surface area contributed by atoms with E-state index >= 15 is 0 Å². The van der Waals surface area contributed by atoms with Gasteiger partial charge in [-0.15, -0.1) is 0 Å². The third-order valence-corrected chi connectivity index (χ3v) is 5.30. The molecule has 152 valence electrons. The fourth-order valence-corrected chi connectivity index (χ4v) is 3.69. The number of benzene rings is 1. The van der Waals surface area contributed by atoms with Gasteiger partial charge < -0.3 is 19.2 Å². The van der Waals surface area contributed by atoms with Crippen LogP contribution in [0.15, 0.2) is 45.5 Å². The number of furan rings is 1. The Morgan fingerprint density at radius 3 is 2.79 bits per heavy atom. The normalized spacial score (nSPS) is 15.0. The SMILES string of the molecule is O=C(CCC(=O)N1CCC(c2noc3cc(F)ccc23)CC1)NCc1ccco1. The lowest BCUT2D eigenvalue weighted by Gasteiger charge is -2.31. The molecule has 1 aliphatic heterocycles. The van der Waals surface area contributed by atoms with Crippen molar-refractivity contribution in [1.29, 1.82) is 0 Å². The van der Waals surface area contributed by atoms with Crippen LogP contribution in [0.5, 0.6) is 0 Å². The van der Waals surface area contributed by atoms with Crippen molar-refractivity contribution in [2.75, 3.05) is 13.1 Å². The van der Waals surface area contributed by atoms with Gasteiger partial charge >= 0.3 is 0 Å². The molecule has 4 rings (SSSR count). The molecule has 1 aliphatic rings. The van der Waals surface area contributed by atoms with Crippen molar-refractivity contribution in [3.05, 3.63) is 53.9 Å². The minimum absolute atomic E-state index is 0.0244. The van der Waals surface area contributed by atoms with Crippen molar-refractivity contribution in [3.63, 3.8) is 0 Å². The molecule has 1 fully saturated rings. The summed E-state index contributed by atoms with van der Waals surface area (Å²) < 4.78 is 23.7. The lowest BCUT2D eigenvalue weighted by molar-refractivity contribution is -0.134. The maximum Gasteiger partial charge on any atom is 0.223 e. The number of likely N-dealkylation sites (tertiary alicyclic amines) is 1. The van der Waals surface area contributed by atoms with Gasteiger partial charge in [0.25, 0.3) is 0 Å². The first-order valence-corrected chi connectivity index (χ1v) is 9.72. The fraction of sp³-hybridized carbons (Fsp3) is 0.381. The van der Waals surface area contributed by atoms with Crippen LogP contribution in [0.25, 0.3) is 11.0 Å². The lowest BCUT2D eigenvalue weighted by atomic mass is 9.91. The fourth-order valence-electron chi connectivity index (χ4n) is 3.69. The maximum atomic E-state index is 13.3. The van der Waals surface area contributed by atoms with E-state index in [2.05, 4.69) is 10.5 Å². The molecular weight excluding hydrogens is 377 g/mol. The average Bonchev–Trinajstić information content (AvgIpc) is 3.40. The summed E-state index contributed by atoms with van der Waals surface area (Å²) in [6.45, 7) is 1.53. The van der Waals surface area contributed by atoms with Gasteiger partial charge in [-0.25, -0.2) is 4.39 Å². The number of aromatic nitrogens is 1. The van der Waals surface area contributed by atoms with E-state index in [1.165, 1.54) is 12.1 Å². The summed E-state index contributed by atoms with van der Waals surface area (Å²) in [5.41, 5.74) is 1.27.